The van der Waals surface area contributed by atoms with Crippen LogP contribution >= 0.6 is 0 Å². The minimum atomic E-state index is 0.964. The standard InChI is InChI=1S/C9H16/c1-3-9-6-4-5-8(2)7-9/h9H,2-7H2,1H3/t9-/m1/s1. The Balaban J connectivity index is 2.32. The van der Waals surface area contributed by atoms with Crippen LogP contribution < -0.4 is 0 Å². The SMILES string of the molecule is C=C1CCC[C@@H](CC)C1. The van der Waals surface area contributed by atoms with E-state index < -0.39 is 0 Å². The molecule has 0 aliphatic heterocycles. The molecule has 1 aliphatic carbocycles. The Morgan fingerprint density at radius 3 is 2.89 bits per heavy atom. The molecular weight excluding hydrogens is 108 g/mol. The predicted octanol–water partition coefficient (Wildman–Crippen LogP) is 3.14. The van der Waals surface area contributed by atoms with Crippen LogP contribution in [-0.4, -0.2) is 0 Å². The predicted molar refractivity (Wildman–Crippen MR) is 41.4 cm³/mol. The average molecular weight is 124 g/mol. The van der Waals surface area contributed by atoms with E-state index in [0.717, 1.165) is 5.92 Å². The molecule has 0 bridgehead atoms. The van der Waals surface area contributed by atoms with Gasteiger partial charge in [0.1, 0.15) is 0 Å². The lowest BCUT2D eigenvalue weighted by molar-refractivity contribution is 0.408. The number of allylic oxidation sites excluding steroid dienone is 1. The number of rotatable bonds is 1. The third-order valence-electron chi connectivity index (χ3n) is 2.30. The van der Waals surface area contributed by atoms with E-state index in [1.165, 1.54) is 37.7 Å². The second-order valence-corrected chi connectivity index (χ2v) is 3.12. The van der Waals surface area contributed by atoms with Crippen LogP contribution in [0.3, 0.4) is 0 Å². The second-order valence-electron chi connectivity index (χ2n) is 3.12. The third kappa shape index (κ3) is 1.85. The van der Waals surface area contributed by atoms with Crippen molar-refractivity contribution in [1.29, 1.82) is 0 Å². The molecule has 0 radical (unpaired) electrons. The van der Waals surface area contributed by atoms with Crippen molar-refractivity contribution in [2.75, 3.05) is 0 Å². The summed E-state index contributed by atoms with van der Waals surface area (Å²) >= 11 is 0. The Hall–Kier alpha value is -0.260. The van der Waals surface area contributed by atoms with Crippen molar-refractivity contribution in [1.82, 2.24) is 0 Å². The summed E-state index contributed by atoms with van der Waals surface area (Å²) in [6.45, 7) is 6.29. The van der Waals surface area contributed by atoms with E-state index in [-0.39, 0.29) is 0 Å². The molecule has 0 heterocycles. The second kappa shape index (κ2) is 3.05. The summed E-state index contributed by atoms with van der Waals surface area (Å²) in [4.78, 5) is 0. The Morgan fingerprint density at radius 2 is 2.44 bits per heavy atom. The van der Waals surface area contributed by atoms with E-state index in [0.29, 0.717) is 0 Å². The molecule has 52 valence electrons. The van der Waals surface area contributed by atoms with Crippen LogP contribution in [0.4, 0.5) is 0 Å². The van der Waals surface area contributed by atoms with Gasteiger partial charge >= 0.3 is 0 Å². The Labute approximate surface area is 58.0 Å². The van der Waals surface area contributed by atoms with Gasteiger partial charge in [-0.1, -0.05) is 25.5 Å². The van der Waals surface area contributed by atoms with Gasteiger partial charge in [0.25, 0.3) is 0 Å². The first-order chi connectivity index (χ1) is 4.33. The lowest BCUT2D eigenvalue weighted by atomic mass is 9.85. The smallest absolute Gasteiger partial charge is 0.0295 e. The zero-order chi connectivity index (χ0) is 6.69. The van der Waals surface area contributed by atoms with Crippen LogP contribution in [0.5, 0.6) is 0 Å². The van der Waals surface area contributed by atoms with Crippen molar-refractivity contribution >= 4 is 0 Å². The lowest BCUT2D eigenvalue weighted by Crippen LogP contribution is -2.05. The molecule has 0 aromatic carbocycles. The van der Waals surface area contributed by atoms with Crippen molar-refractivity contribution in [3.8, 4) is 0 Å². The molecule has 1 fully saturated rings. The van der Waals surface area contributed by atoms with Gasteiger partial charge in [-0.3, -0.25) is 0 Å². The topological polar surface area (TPSA) is 0 Å². The van der Waals surface area contributed by atoms with Gasteiger partial charge in [0.05, 0.1) is 0 Å². The van der Waals surface area contributed by atoms with E-state index in [1.54, 1.807) is 0 Å². The van der Waals surface area contributed by atoms with E-state index in [2.05, 4.69) is 13.5 Å². The van der Waals surface area contributed by atoms with Crippen molar-refractivity contribution in [3.63, 3.8) is 0 Å². The van der Waals surface area contributed by atoms with Crippen LogP contribution in [0, 0.1) is 5.92 Å². The van der Waals surface area contributed by atoms with Crippen molar-refractivity contribution in [2.24, 2.45) is 5.92 Å². The highest BCUT2D eigenvalue weighted by Crippen LogP contribution is 2.28. The highest BCUT2D eigenvalue weighted by molar-refractivity contribution is 4.98. The van der Waals surface area contributed by atoms with Crippen LogP contribution in [-0.2, 0) is 0 Å². The zero-order valence-corrected chi connectivity index (χ0v) is 6.32. The molecule has 0 spiro atoms. The van der Waals surface area contributed by atoms with E-state index in [9.17, 15) is 0 Å². The first-order valence-corrected chi connectivity index (χ1v) is 3.99. The summed E-state index contributed by atoms with van der Waals surface area (Å²) in [6.07, 6.45) is 6.76. The summed E-state index contributed by atoms with van der Waals surface area (Å²) < 4.78 is 0. The van der Waals surface area contributed by atoms with Crippen LogP contribution in [0.15, 0.2) is 12.2 Å². The first-order valence-electron chi connectivity index (χ1n) is 3.99. The molecule has 0 unspecified atom stereocenters. The van der Waals surface area contributed by atoms with Gasteiger partial charge in [0, 0.05) is 0 Å². The van der Waals surface area contributed by atoms with E-state index in [4.69, 9.17) is 0 Å². The maximum Gasteiger partial charge on any atom is -0.0295 e. The fraction of sp³-hybridized carbons (Fsp3) is 0.778. The van der Waals surface area contributed by atoms with Gasteiger partial charge in [0.15, 0.2) is 0 Å². The molecule has 0 nitrogen and oxygen atoms in total. The van der Waals surface area contributed by atoms with E-state index >= 15 is 0 Å². The summed E-state index contributed by atoms with van der Waals surface area (Å²) in [6, 6.07) is 0. The van der Waals surface area contributed by atoms with Crippen LogP contribution in [0.25, 0.3) is 0 Å². The largest absolute Gasteiger partial charge is 0.0999 e. The van der Waals surface area contributed by atoms with Crippen LogP contribution in [0.1, 0.15) is 39.0 Å². The van der Waals surface area contributed by atoms with Gasteiger partial charge in [-0.2, -0.15) is 0 Å². The lowest BCUT2D eigenvalue weighted by Gasteiger charge is -2.21. The molecular formula is C9H16. The quantitative estimate of drug-likeness (QED) is 0.471. The summed E-state index contributed by atoms with van der Waals surface area (Å²) in [5.41, 5.74) is 1.48. The molecule has 0 saturated heterocycles. The summed E-state index contributed by atoms with van der Waals surface area (Å²) in [5.74, 6) is 0.964. The molecule has 0 N–H and O–H groups in total. The maximum atomic E-state index is 4.01. The third-order valence-corrected chi connectivity index (χ3v) is 2.30. The van der Waals surface area contributed by atoms with Gasteiger partial charge in [-0.25, -0.2) is 0 Å². The van der Waals surface area contributed by atoms with Gasteiger partial charge in [-0.05, 0) is 31.6 Å². The Kier molecular flexibility index (Phi) is 2.32. The molecule has 0 aromatic rings. The maximum absolute atomic E-state index is 4.01. The highest BCUT2D eigenvalue weighted by Gasteiger charge is 2.12. The van der Waals surface area contributed by atoms with Crippen molar-refractivity contribution in [3.05, 3.63) is 12.2 Å². The molecule has 0 heteroatoms. The monoisotopic (exact) mass is 124 g/mol. The fourth-order valence-corrected chi connectivity index (χ4v) is 1.60. The molecule has 1 rings (SSSR count). The number of hydrogen-bond acceptors (Lipinski definition) is 0. The molecule has 0 aromatic heterocycles. The Bertz CT molecular complexity index is 103. The number of hydrogen-bond donors (Lipinski definition) is 0. The Morgan fingerprint density at radius 1 is 1.67 bits per heavy atom. The molecule has 1 aliphatic rings. The van der Waals surface area contributed by atoms with Crippen molar-refractivity contribution in [2.45, 2.75) is 39.0 Å². The molecule has 1 saturated carbocycles. The first kappa shape index (κ1) is 6.85. The molecule has 1 atom stereocenters. The minimum absolute atomic E-state index is 0.964. The van der Waals surface area contributed by atoms with Crippen molar-refractivity contribution < 1.29 is 0 Å². The zero-order valence-electron chi connectivity index (χ0n) is 6.32. The molecule has 9 heavy (non-hydrogen) atoms. The summed E-state index contributed by atoms with van der Waals surface area (Å²) in [5, 5.41) is 0. The van der Waals surface area contributed by atoms with Crippen LogP contribution in [0.2, 0.25) is 0 Å². The summed E-state index contributed by atoms with van der Waals surface area (Å²) in [7, 11) is 0. The van der Waals surface area contributed by atoms with Gasteiger partial charge in [0.2, 0.25) is 0 Å². The van der Waals surface area contributed by atoms with Gasteiger partial charge in [-0.15, -0.1) is 0 Å². The normalized spacial score (nSPS) is 28.6. The average Bonchev–Trinajstić information content (AvgIpc) is 1.88. The van der Waals surface area contributed by atoms with Gasteiger partial charge < -0.3 is 0 Å². The molecule has 0 amide bonds. The van der Waals surface area contributed by atoms with E-state index in [1.807, 2.05) is 0 Å². The highest BCUT2D eigenvalue weighted by atomic mass is 14.2. The fourth-order valence-electron chi connectivity index (χ4n) is 1.60. The minimum Gasteiger partial charge on any atom is -0.0999 e.